The molecule has 8 heteroatoms. The van der Waals surface area contributed by atoms with Crippen molar-refractivity contribution in [2.24, 2.45) is 17.8 Å². The van der Waals surface area contributed by atoms with Crippen LogP contribution in [0.2, 0.25) is 0 Å². The minimum absolute atomic E-state index is 0.0183. The molecule has 1 aliphatic carbocycles. The molecule has 1 N–H and O–H groups in total. The molecule has 1 spiro atoms. The number of likely N-dealkylation sites (tertiary alicyclic amines) is 1. The number of aliphatic hydroxyl groups is 1. The van der Waals surface area contributed by atoms with Gasteiger partial charge in [-0.15, -0.1) is 0 Å². The van der Waals surface area contributed by atoms with Crippen molar-refractivity contribution < 1.29 is 24.2 Å². The van der Waals surface area contributed by atoms with Crippen LogP contribution in [-0.4, -0.2) is 93.1 Å². The molecule has 4 aliphatic heterocycles. The number of aliphatic hydroxyl groups excluding tert-OH is 1. The van der Waals surface area contributed by atoms with Gasteiger partial charge in [0.2, 0.25) is 17.7 Å². The minimum atomic E-state index is -1.26. The summed E-state index contributed by atoms with van der Waals surface area (Å²) in [6.45, 7) is 9.44. The predicted molar refractivity (Wildman–Crippen MR) is 149 cm³/mol. The molecule has 0 aromatic heterocycles. The number of nitrogens with zero attached hydrogens (tertiary/aromatic N) is 3. The van der Waals surface area contributed by atoms with Gasteiger partial charge in [0.05, 0.1) is 30.1 Å². The molecule has 0 aromatic carbocycles. The van der Waals surface area contributed by atoms with Gasteiger partial charge in [-0.1, -0.05) is 77.7 Å². The van der Waals surface area contributed by atoms with E-state index in [0.29, 0.717) is 26.1 Å². The molecule has 1 unspecified atom stereocenters. The highest BCUT2D eigenvalue weighted by Crippen LogP contribution is 2.59. The van der Waals surface area contributed by atoms with Crippen LogP contribution in [0.15, 0.2) is 24.3 Å². The lowest BCUT2D eigenvalue weighted by molar-refractivity contribution is -0.159. The molecular weight excluding hydrogens is 494 g/mol. The van der Waals surface area contributed by atoms with Crippen molar-refractivity contribution in [2.45, 2.75) is 108 Å². The van der Waals surface area contributed by atoms with Crippen LogP contribution >= 0.6 is 0 Å². The molecule has 3 amide bonds. The third-order valence-electron chi connectivity index (χ3n) is 10.3. The van der Waals surface area contributed by atoms with Gasteiger partial charge in [-0.3, -0.25) is 14.4 Å². The highest BCUT2D eigenvalue weighted by Gasteiger charge is 2.76. The molecule has 7 atom stereocenters. The fourth-order valence-electron chi connectivity index (χ4n) is 8.13. The Hall–Kier alpha value is -2.19. The highest BCUT2D eigenvalue weighted by molar-refractivity contribution is 6.00. The van der Waals surface area contributed by atoms with Crippen molar-refractivity contribution >= 4 is 17.7 Å². The molecule has 1 saturated carbocycles. The highest BCUT2D eigenvalue weighted by atomic mass is 16.5. The van der Waals surface area contributed by atoms with Crippen LogP contribution < -0.4 is 0 Å². The second-order valence-electron chi connectivity index (χ2n) is 12.4. The molecule has 216 valence electrons. The summed E-state index contributed by atoms with van der Waals surface area (Å²) in [7, 11) is 0. The van der Waals surface area contributed by atoms with Crippen LogP contribution in [-0.2, 0) is 19.1 Å². The molecule has 5 aliphatic rings. The molecule has 5 rings (SSSR count). The molecule has 2 saturated heterocycles. The Kier molecular flexibility index (Phi) is 7.99. The van der Waals surface area contributed by atoms with E-state index in [-0.39, 0.29) is 36.3 Å². The van der Waals surface area contributed by atoms with E-state index in [0.717, 1.165) is 38.5 Å². The standard InChI is InChI=1S/C31H47N3O5/c1-5-17-32-18-11-15-30(7-3)24(27(32)36)25-28(37)34(23(20-35)21(4)6-2)26-29(38)33(22-13-9-8-10-14-22)19-12-16-31(25,26)39-30/h11-12,15-16,21-26,35H,5-10,13-14,17-20H2,1-4H3/t21-,23-,24+,25-,26?,30-,31-/m0/s1. The second-order valence-corrected chi connectivity index (χ2v) is 12.4. The molecule has 3 fully saturated rings. The van der Waals surface area contributed by atoms with Crippen molar-refractivity contribution in [2.75, 3.05) is 26.2 Å². The van der Waals surface area contributed by atoms with Crippen LogP contribution in [0.3, 0.4) is 0 Å². The first-order chi connectivity index (χ1) is 18.8. The Bertz CT molecular complexity index is 1020. The Balaban J connectivity index is 1.66. The van der Waals surface area contributed by atoms with Gasteiger partial charge in [-0.2, -0.15) is 0 Å². The van der Waals surface area contributed by atoms with Gasteiger partial charge in [-0.25, -0.2) is 0 Å². The van der Waals surface area contributed by atoms with E-state index in [4.69, 9.17) is 4.74 Å². The van der Waals surface area contributed by atoms with E-state index < -0.39 is 35.1 Å². The molecule has 0 radical (unpaired) electrons. The maximum absolute atomic E-state index is 14.7. The maximum atomic E-state index is 14.7. The average molecular weight is 542 g/mol. The topological polar surface area (TPSA) is 90.4 Å². The Morgan fingerprint density at radius 3 is 2.33 bits per heavy atom. The second kappa shape index (κ2) is 11.0. The molecule has 8 nitrogen and oxygen atoms in total. The van der Waals surface area contributed by atoms with Crippen LogP contribution in [0.1, 0.15) is 79.1 Å². The number of fused-ring (bicyclic) bond motifs is 2. The number of amides is 3. The molecule has 39 heavy (non-hydrogen) atoms. The van der Waals surface area contributed by atoms with Gasteiger partial charge in [0.25, 0.3) is 0 Å². The Morgan fingerprint density at radius 1 is 0.974 bits per heavy atom. The van der Waals surface area contributed by atoms with Gasteiger partial charge in [-0.05, 0) is 31.6 Å². The summed E-state index contributed by atoms with van der Waals surface area (Å²) < 4.78 is 7.08. The smallest absolute Gasteiger partial charge is 0.249 e. The van der Waals surface area contributed by atoms with Crippen molar-refractivity contribution in [3.63, 3.8) is 0 Å². The number of carbonyl (C=O) groups excluding carboxylic acids is 3. The lowest BCUT2D eigenvalue weighted by Gasteiger charge is -2.43. The van der Waals surface area contributed by atoms with Gasteiger partial charge in [0, 0.05) is 25.7 Å². The van der Waals surface area contributed by atoms with E-state index in [1.54, 1.807) is 4.90 Å². The van der Waals surface area contributed by atoms with Gasteiger partial charge < -0.3 is 24.5 Å². The lowest BCUT2D eigenvalue weighted by Crippen LogP contribution is -2.61. The molecule has 0 bridgehead atoms. The summed E-state index contributed by atoms with van der Waals surface area (Å²) in [5, 5.41) is 10.6. The van der Waals surface area contributed by atoms with E-state index in [1.165, 1.54) is 6.42 Å². The summed E-state index contributed by atoms with van der Waals surface area (Å²) in [6.07, 6.45) is 15.3. The summed E-state index contributed by atoms with van der Waals surface area (Å²) >= 11 is 0. The molecule has 4 heterocycles. The monoisotopic (exact) mass is 541 g/mol. The first kappa shape index (κ1) is 28.3. The average Bonchev–Trinajstić information content (AvgIpc) is 3.24. The van der Waals surface area contributed by atoms with Gasteiger partial charge in [0.1, 0.15) is 11.6 Å². The largest absolute Gasteiger partial charge is 0.394 e. The fourth-order valence-corrected chi connectivity index (χ4v) is 8.13. The zero-order valence-electron chi connectivity index (χ0n) is 24.2. The lowest BCUT2D eigenvalue weighted by atomic mass is 9.73. The first-order valence-electron chi connectivity index (χ1n) is 15.4. The molecule has 0 aromatic rings. The minimum Gasteiger partial charge on any atom is -0.394 e. The summed E-state index contributed by atoms with van der Waals surface area (Å²) in [5.41, 5.74) is -2.21. The van der Waals surface area contributed by atoms with Crippen LogP contribution in [0, 0.1) is 17.8 Å². The SMILES string of the molecule is CCCN1CC=C[C@]2(CC)O[C@]34C=CCN(C5CCCCC5)C(=O)C3N([C@@H](CO)[C@@H](C)CC)C(=O)[C@@H]4[C@@H]2C1=O. The Morgan fingerprint density at radius 2 is 1.69 bits per heavy atom. The van der Waals surface area contributed by atoms with Gasteiger partial charge in [0.15, 0.2) is 0 Å². The third kappa shape index (κ3) is 4.28. The third-order valence-corrected chi connectivity index (χ3v) is 10.3. The van der Waals surface area contributed by atoms with E-state index in [9.17, 15) is 19.5 Å². The van der Waals surface area contributed by atoms with Crippen molar-refractivity contribution in [3.8, 4) is 0 Å². The first-order valence-corrected chi connectivity index (χ1v) is 15.4. The van der Waals surface area contributed by atoms with Crippen LogP contribution in [0.25, 0.3) is 0 Å². The van der Waals surface area contributed by atoms with Crippen molar-refractivity contribution in [1.29, 1.82) is 0 Å². The van der Waals surface area contributed by atoms with Crippen molar-refractivity contribution in [3.05, 3.63) is 24.3 Å². The number of rotatable bonds is 8. The number of hydrogen-bond donors (Lipinski definition) is 1. The summed E-state index contributed by atoms with van der Waals surface area (Å²) in [6, 6.07) is -1.30. The summed E-state index contributed by atoms with van der Waals surface area (Å²) in [4.78, 5) is 49.0. The van der Waals surface area contributed by atoms with E-state index >= 15 is 0 Å². The zero-order chi connectivity index (χ0) is 27.9. The number of ether oxygens (including phenoxy) is 1. The van der Waals surface area contributed by atoms with Crippen LogP contribution in [0.5, 0.6) is 0 Å². The normalized spacial score (nSPS) is 36.5. The number of hydrogen-bond acceptors (Lipinski definition) is 5. The quantitative estimate of drug-likeness (QED) is 0.477. The van der Waals surface area contributed by atoms with Gasteiger partial charge >= 0.3 is 0 Å². The van der Waals surface area contributed by atoms with Crippen LogP contribution in [0.4, 0.5) is 0 Å². The van der Waals surface area contributed by atoms with E-state index in [2.05, 4.69) is 0 Å². The maximum Gasteiger partial charge on any atom is 0.249 e. The summed E-state index contributed by atoms with van der Waals surface area (Å²) in [5.74, 6) is -1.96. The van der Waals surface area contributed by atoms with E-state index in [1.807, 2.05) is 61.8 Å². The van der Waals surface area contributed by atoms with Crippen molar-refractivity contribution in [1.82, 2.24) is 14.7 Å². The molecular formula is C31H47N3O5. The Labute approximate surface area is 233 Å². The fraction of sp³-hybridized carbons (Fsp3) is 0.774. The number of carbonyl (C=O) groups is 3. The predicted octanol–water partition coefficient (Wildman–Crippen LogP) is 3.29. The zero-order valence-corrected chi connectivity index (χ0v) is 24.2.